The van der Waals surface area contributed by atoms with Gasteiger partial charge in [0.1, 0.15) is 0 Å². The SMILES string of the molecule is CCCC[C]([Sn])(CCCC)CCCC. The molecule has 83 valence electrons. The molecule has 0 aromatic carbocycles. The second kappa shape index (κ2) is 9.06. The molecule has 0 rings (SSSR count). The second-order valence-electron chi connectivity index (χ2n) is 4.59. The van der Waals surface area contributed by atoms with Crippen molar-refractivity contribution in [2.75, 3.05) is 0 Å². The van der Waals surface area contributed by atoms with Crippen molar-refractivity contribution in [3.63, 3.8) is 0 Å². The first kappa shape index (κ1) is 14.8. The van der Waals surface area contributed by atoms with Crippen molar-refractivity contribution in [3.05, 3.63) is 0 Å². The third-order valence-corrected chi connectivity index (χ3v) is 5.17. The van der Waals surface area contributed by atoms with E-state index in [0.29, 0.717) is 0 Å². The van der Waals surface area contributed by atoms with E-state index in [1.807, 2.05) is 0 Å². The van der Waals surface area contributed by atoms with Crippen molar-refractivity contribution in [1.82, 2.24) is 0 Å². The first-order valence-electron chi connectivity index (χ1n) is 6.43. The van der Waals surface area contributed by atoms with Crippen LogP contribution in [0.15, 0.2) is 0 Å². The molecule has 3 radical (unpaired) electrons. The van der Waals surface area contributed by atoms with Crippen LogP contribution in [0.25, 0.3) is 0 Å². The molecule has 0 unspecified atom stereocenters. The monoisotopic (exact) mass is 303 g/mol. The molecule has 0 atom stereocenters. The Morgan fingerprint density at radius 2 is 1.00 bits per heavy atom. The van der Waals surface area contributed by atoms with Crippen molar-refractivity contribution >= 4 is 22.5 Å². The standard InChI is InChI=1S/C13H27.Sn/c1-4-7-10-13(11-8-5-2)12-9-6-3;/h4-12H2,1-3H3;. The summed E-state index contributed by atoms with van der Waals surface area (Å²) in [6.07, 6.45) is 12.9. The Morgan fingerprint density at radius 3 is 1.21 bits per heavy atom. The van der Waals surface area contributed by atoms with Crippen LogP contribution in [0.3, 0.4) is 0 Å². The molecule has 0 amide bonds. The molecule has 0 saturated heterocycles. The van der Waals surface area contributed by atoms with Crippen LogP contribution < -0.4 is 0 Å². The predicted octanol–water partition coefficient (Wildman–Crippen LogP) is 4.88. The van der Waals surface area contributed by atoms with Gasteiger partial charge in [-0.3, -0.25) is 0 Å². The molecule has 1 heteroatoms. The molecular weight excluding hydrogens is 275 g/mol. The number of rotatable bonds is 9. The van der Waals surface area contributed by atoms with Gasteiger partial charge in [0, 0.05) is 0 Å². The van der Waals surface area contributed by atoms with Crippen LogP contribution in [0, 0.1) is 0 Å². The van der Waals surface area contributed by atoms with Crippen LogP contribution in [0.4, 0.5) is 0 Å². The summed E-state index contributed by atoms with van der Waals surface area (Å²) in [5.74, 6) is 0. The Bertz CT molecular complexity index is 98.6. The van der Waals surface area contributed by atoms with Crippen molar-refractivity contribution in [2.24, 2.45) is 0 Å². The Morgan fingerprint density at radius 1 is 0.714 bits per heavy atom. The van der Waals surface area contributed by atoms with Crippen LogP contribution in [-0.4, -0.2) is 22.5 Å². The third kappa shape index (κ3) is 7.14. The minimum atomic E-state index is 0.745. The predicted molar refractivity (Wildman–Crippen MR) is 67.0 cm³/mol. The van der Waals surface area contributed by atoms with Crippen LogP contribution >= 0.6 is 0 Å². The summed E-state index contributed by atoms with van der Waals surface area (Å²) in [5, 5.41) is 0. The molecule has 0 aliphatic carbocycles. The Kier molecular flexibility index (Phi) is 9.57. The van der Waals surface area contributed by atoms with Crippen LogP contribution in [0.2, 0.25) is 3.43 Å². The molecule has 0 aliphatic heterocycles. The molecule has 0 heterocycles. The average Bonchev–Trinajstić information content (AvgIpc) is 2.21. The Labute approximate surface area is 104 Å². The van der Waals surface area contributed by atoms with Gasteiger partial charge >= 0.3 is 105 Å². The van der Waals surface area contributed by atoms with Gasteiger partial charge in [0.15, 0.2) is 0 Å². The first-order chi connectivity index (χ1) is 6.68. The summed E-state index contributed by atoms with van der Waals surface area (Å²) in [4.78, 5) is 0. The van der Waals surface area contributed by atoms with E-state index in [2.05, 4.69) is 20.8 Å². The molecule has 0 aromatic rings. The average molecular weight is 302 g/mol. The normalized spacial score (nSPS) is 12.0. The molecule has 0 fully saturated rings. The van der Waals surface area contributed by atoms with Gasteiger partial charge in [-0.1, -0.05) is 0 Å². The number of hydrogen-bond acceptors (Lipinski definition) is 0. The van der Waals surface area contributed by atoms with Gasteiger partial charge < -0.3 is 0 Å². The van der Waals surface area contributed by atoms with E-state index in [1.54, 1.807) is 22.5 Å². The first-order valence-corrected chi connectivity index (χ1v) is 7.86. The zero-order valence-electron chi connectivity index (χ0n) is 10.4. The van der Waals surface area contributed by atoms with Crippen molar-refractivity contribution in [1.29, 1.82) is 0 Å². The quantitative estimate of drug-likeness (QED) is 0.532. The fraction of sp³-hybridized carbons (Fsp3) is 1.00. The van der Waals surface area contributed by atoms with Gasteiger partial charge in [-0.15, -0.1) is 0 Å². The molecule has 0 spiro atoms. The molecule has 0 N–H and O–H groups in total. The van der Waals surface area contributed by atoms with E-state index < -0.39 is 0 Å². The van der Waals surface area contributed by atoms with Gasteiger partial charge in [-0.05, 0) is 0 Å². The van der Waals surface area contributed by atoms with Gasteiger partial charge in [0.05, 0.1) is 0 Å². The summed E-state index contributed by atoms with van der Waals surface area (Å²) in [6, 6.07) is 0. The van der Waals surface area contributed by atoms with Crippen molar-refractivity contribution in [3.8, 4) is 0 Å². The number of unbranched alkanes of at least 4 members (excludes halogenated alkanes) is 3. The molecule has 0 nitrogen and oxygen atoms in total. The maximum atomic E-state index is 2.32. The zero-order valence-corrected chi connectivity index (χ0v) is 13.2. The Balaban J connectivity index is 3.89. The summed E-state index contributed by atoms with van der Waals surface area (Å²) in [7, 11) is 0. The van der Waals surface area contributed by atoms with E-state index >= 15 is 0 Å². The van der Waals surface area contributed by atoms with Crippen LogP contribution in [-0.2, 0) is 0 Å². The molecule has 0 aromatic heterocycles. The number of hydrogen-bond donors (Lipinski definition) is 0. The summed E-state index contributed by atoms with van der Waals surface area (Å²) in [5.41, 5.74) is 0. The van der Waals surface area contributed by atoms with Crippen LogP contribution in [0.5, 0.6) is 0 Å². The van der Waals surface area contributed by atoms with Gasteiger partial charge in [-0.25, -0.2) is 0 Å². The fourth-order valence-corrected chi connectivity index (χ4v) is 3.43. The molecule has 0 saturated carbocycles. The maximum absolute atomic E-state index is 2.32. The van der Waals surface area contributed by atoms with Gasteiger partial charge in [-0.2, -0.15) is 0 Å². The minimum absolute atomic E-state index is 0.745. The van der Waals surface area contributed by atoms with Crippen molar-refractivity contribution in [2.45, 2.75) is 82.0 Å². The van der Waals surface area contributed by atoms with E-state index in [1.165, 1.54) is 57.8 Å². The van der Waals surface area contributed by atoms with Crippen LogP contribution in [0.1, 0.15) is 78.6 Å². The van der Waals surface area contributed by atoms with E-state index in [-0.39, 0.29) is 0 Å². The third-order valence-electron chi connectivity index (χ3n) is 3.03. The van der Waals surface area contributed by atoms with Crippen molar-refractivity contribution < 1.29 is 0 Å². The summed E-state index contributed by atoms with van der Waals surface area (Å²) in [6.45, 7) is 6.95. The molecule has 0 aliphatic rings. The van der Waals surface area contributed by atoms with Gasteiger partial charge in [0.25, 0.3) is 0 Å². The second-order valence-corrected chi connectivity index (χ2v) is 7.62. The van der Waals surface area contributed by atoms with E-state index in [4.69, 9.17) is 0 Å². The zero-order chi connectivity index (χ0) is 10.9. The Hall–Kier alpha value is 0.799. The van der Waals surface area contributed by atoms with Gasteiger partial charge in [0.2, 0.25) is 0 Å². The molecule has 0 bridgehead atoms. The molecule has 14 heavy (non-hydrogen) atoms. The topological polar surface area (TPSA) is 0 Å². The fourth-order valence-electron chi connectivity index (χ4n) is 1.92. The summed E-state index contributed by atoms with van der Waals surface area (Å²) < 4.78 is 0.745. The van der Waals surface area contributed by atoms with E-state index in [0.717, 1.165) is 3.43 Å². The summed E-state index contributed by atoms with van der Waals surface area (Å²) >= 11 is 1.80. The van der Waals surface area contributed by atoms with E-state index in [9.17, 15) is 0 Å². The molecular formula is C13H27Sn.